The Morgan fingerprint density at radius 3 is 2.56 bits per heavy atom. The van der Waals surface area contributed by atoms with Crippen LogP contribution in [-0.4, -0.2) is 33.1 Å². The average Bonchev–Trinajstić information content (AvgIpc) is 2.91. The molecule has 0 fully saturated rings. The predicted octanol–water partition coefficient (Wildman–Crippen LogP) is 1.96. The van der Waals surface area contributed by atoms with Crippen molar-refractivity contribution in [1.29, 1.82) is 0 Å². The Hall–Kier alpha value is -2.89. The van der Waals surface area contributed by atoms with Gasteiger partial charge in [0.25, 0.3) is 21.0 Å². The number of nitrogens with zero attached hydrogens (tertiary/aromatic N) is 4. The van der Waals surface area contributed by atoms with Crippen molar-refractivity contribution in [2.45, 2.75) is 18.3 Å². The van der Waals surface area contributed by atoms with Crippen LogP contribution in [0.1, 0.15) is 11.3 Å². The molecule has 3 rings (SSSR count). The highest BCUT2D eigenvalue weighted by atomic mass is 32.2. The zero-order valence-corrected chi connectivity index (χ0v) is 13.3. The summed E-state index contributed by atoms with van der Waals surface area (Å²) in [6.45, 7) is 1.54. The van der Waals surface area contributed by atoms with E-state index in [4.69, 9.17) is 0 Å². The van der Waals surface area contributed by atoms with Gasteiger partial charge in [0.2, 0.25) is 5.88 Å². The van der Waals surface area contributed by atoms with Crippen molar-refractivity contribution in [2.75, 3.05) is 4.72 Å². The summed E-state index contributed by atoms with van der Waals surface area (Å²) in [5.41, 5.74) is -1.46. The van der Waals surface area contributed by atoms with Crippen LogP contribution in [0.15, 0.2) is 35.5 Å². The number of fused-ring (bicyclic) bond motifs is 1. The fourth-order valence-corrected chi connectivity index (χ4v) is 3.02. The minimum atomic E-state index is -4.75. The molecule has 2 heterocycles. The SMILES string of the molecule is Cc1cc(O)n2nc(S(=O)(=O)Nc3ccccc3C(F)(F)F)nc2n1. The molecular weight excluding hydrogens is 363 g/mol. The molecule has 3 aromatic rings. The number of nitrogens with one attached hydrogen (secondary N) is 1. The monoisotopic (exact) mass is 373 g/mol. The van der Waals surface area contributed by atoms with E-state index in [0.717, 1.165) is 22.7 Å². The van der Waals surface area contributed by atoms with E-state index < -0.39 is 38.5 Å². The Kier molecular flexibility index (Phi) is 3.78. The lowest BCUT2D eigenvalue weighted by Gasteiger charge is -2.13. The molecule has 12 heteroatoms. The number of rotatable bonds is 3. The van der Waals surface area contributed by atoms with Gasteiger partial charge in [0.1, 0.15) is 0 Å². The quantitative estimate of drug-likeness (QED) is 0.726. The van der Waals surface area contributed by atoms with E-state index in [-0.39, 0.29) is 5.78 Å². The minimum absolute atomic E-state index is 0.206. The fourth-order valence-electron chi connectivity index (χ4n) is 2.07. The first-order valence-corrected chi connectivity index (χ1v) is 8.19. The van der Waals surface area contributed by atoms with Crippen molar-refractivity contribution in [3.8, 4) is 5.88 Å². The maximum absolute atomic E-state index is 13.0. The van der Waals surface area contributed by atoms with Crippen molar-refractivity contribution in [3.63, 3.8) is 0 Å². The number of halogens is 3. The zero-order chi connectivity index (χ0) is 18.4. The first kappa shape index (κ1) is 17.0. The lowest BCUT2D eigenvalue weighted by atomic mass is 10.2. The molecule has 132 valence electrons. The number of alkyl halides is 3. The van der Waals surface area contributed by atoms with E-state index >= 15 is 0 Å². The smallest absolute Gasteiger partial charge is 0.418 e. The normalized spacial score (nSPS) is 12.5. The molecule has 0 amide bonds. The van der Waals surface area contributed by atoms with Crippen LogP contribution >= 0.6 is 0 Å². The van der Waals surface area contributed by atoms with Crippen LogP contribution < -0.4 is 4.72 Å². The highest BCUT2D eigenvalue weighted by Gasteiger charge is 2.35. The molecule has 25 heavy (non-hydrogen) atoms. The molecule has 0 aliphatic heterocycles. The van der Waals surface area contributed by atoms with Crippen molar-refractivity contribution < 1.29 is 26.7 Å². The second-order valence-corrected chi connectivity index (χ2v) is 6.59. The van der Waals surface area contributed by atoms with E-state index in [1.54, 1.807) is 6.92 Å². The number of para-hydroxylation sites is 1. The van der Waals surface area contributed by atoms with Crippen LogP contribution in [0.25, 0.3) is 5.78 Å². The number of benzene rings is 1. The van der Waals surface area contributed by atoms with E-state index in [1.165, 1.54) is 12.1 Å². The zero-order valence-electron chi connectivity index (χ0n) is 12.5. The van der Waals surface area contributed by atoms with Crippen LogP contribution in [0, 0.1) is 6.92 Å². The summed E-state index contributed by atoms with van der Waals surface area (Å²) in [4.78, 5) is 7.53. The number of anilines is 1. The molecule has 0 atom stereocenters. The number of hydrogen-bond acceptors (Lipinski definition) is 6. The van der Waals surface area contributed by atoms with Gasteiger partial charge in [0.15, 0.2) is 0 Å². The highest BCUT2D eigenvalue weighted by molar-refractivity contribution is 7.92. The van der Waals surface area contributed by atoms with Gasteiger partial charge in [0.05, 0.1) is 11.3 Å². The Morgan fingerprint density at radius 2 is 1.88 bits per heavy atom. The summed E-state index contributed by atoms with van der Waals surface area (Å²) >= 11 is 0. The Labute approximate surface area is 139 Å². The van der Waals surface area contributed by atoms with Gasteiger partial charge in [-0.1, -0.05) is 12.1 Å². The minimum Gasteiger partial charge on any atom is -0.493 e. The maximum Gasteiger partial charge on any atom is 0.418 e. The van der Waals surface area contributed by atoms with Gasteiger partial charge in [0, 0.05) is 11.8 Å². The lowest BCUT2D eigenvalue weighted by molar-refractivity contribution is -0.136. The first-order chi connectivity index (χ1) is 11.6. The molecule has 0 saturated carbocycles. The number of sulfonamides is 1. The largest absolute Gasteiger partial charge is 0.493 e. The molecular formula is C13H10F3N5O3S. The van der Waals surface area contributed by atoms with Gasteiger partial charge in [-0.3, -0.25) is 4.72 Å². The molecule has 1 aromatic carbocycles. The molecule has 0 bridgehead atoms. The molecule has 0 radical (unpaired) electrons. The summed E-state index contributed by atoms with van der Waals surface area (Å²) in [5.74, 6) is -0.617. The first-order valence-electron chi connectivity index (χ1n) is 6.70. The third-order valence-corrected chi connectivity index (χ3v) is 4.26. The predicted molar refractivity (Wildman–Crippen MR) is 79.4 cm³/mol. The molecule has 0 saturated heterocycles. The van der Waals surface area contributed by atoms with E-state index in [2.05, 4.69) is 15.1 Å². The van der Waals surface area contributed by atoms with Crippen LogP contribution in [0.3, 0.4) is 0 Å². The van der Waals surface area contributed by atoms with Crippen LogP contribution in [0.2, 0.25) is 0 Å². The summed E-state index contributed by atoms with van der Waals surface area (Å²) in [7, 11) is -4.53. The lowest BCUT2D eigenvalue weighted by Crippen LogP contribution is -2.18. The molecule has 0 aliphatic rings. The molecule has 8 nitrogen and oxygen atoms in total. The van der Waals surface area contributed by atoms with E-state index in [1.807, 2.05) is 4.72 Å². The molecule has 0 spiro atoms. The molecule has 0 aliphatic carbocycles. The Balaban J connectivity index is 2.06. The Morgan fingerprint density at radius 1 is 1.20 bits per heavy atom. The molecule has 0 unspecified atom stereocenters. The van der Waals surface area contributed by atoms with Crippen molar-refractivity contribution in [3.05, 3.63) is 41.6 Å². The van der Waals surface area contributed by atoms with Crippen molar-refractivity contribution >= 4 is 21.5 Å². The summed E-state index contributed by atoms with van der Waals surface area (Å²) < 4.78 is 66.1. The van der Waals surface area contributed by atoms with Gasteiger partial charge >= 0.3 is 6.18 Å². The summed E-state index contributed by atoms with van der Waals surface area (Å²) in [6.07, 6.45) is -4.75. The summed E-state index contributed by atoms with van der Waals surface area (Å²) in [6, 6.07) is 5.32. The van der Waals surface area contributed by atoms with E-state index in [9.17, 15) is 26.7 Å². The molecule has 2 N–H and O–H groups in total. The standard InChI is InChI=1S/C13H10F3N5O3S/c1-7-6-10(22)21-11(17-7)18-12(19-21)25(23,24)20-9-5-3-2-4-8(9)13(14,15)16/h2-6,20,22H,1H3. The number of aryl methyl sites for hydroxylation is 1. The fraction of sp³-hybridized carbons (Fsp3) is 0.154. The number of aromatic nitrogens is 4. The van der Waals surface area contributed by atoms with Gasteiger partial charge in [-0.25, -0.2) is 4.98 Å². The second kappa shape index (κ2) is 5.58. The second-order valence-electron chi connectivity index (χ2n) is 5.01. The van der Waals surface area contributed by atoms with Crippen molar-refractivity contribution in [1.82, 2.24) is 19.6 Å². The average molecular weight is 373 g/mol. The van der Waals surface area contributed by atoms with E-state index in [0.29, 0.717) is 5.69 Å². The van der Waals surface area contributed by atoms with Gasteiger partial charge in [-0.15, -0.1) is 5.10 Å². The van der Waals surface area contributed by atoms with Gasteiger partial charge in [-0.2, -0.15) is 31.1 Å². The van der Waals surface area contributed by atoms with Gasteiger partial charge in [-0.05, 0) is 19.1 Å². The summed E-state index contributed by atoms with van der Waals surface area (Å²) in [5, 5.41) is 12.5. The maximum atomic E-state index is 13.0. The van der Waals surface area contributed by atoms with Crippen molar-refractivity contribution in [2.24, 2.45) is 0 Å². The third kappa shape index (κ3) is 3.20. The van der Waals surface area contributed by atoms with Gasteiger partial charge < -0.3 is 5.11 Å². The third-order valence-electron chi connectivity index (χ3n) is 3.12. The topological polar surface area (TPSA) is 109 Å². The van der Waals surface area contributed by atoms with Crippen LogP contribution in [-0.2, 0) is 16.2 Å². The molecule has 2 aromatic heterocycles. The van der Waals surface area contributed by atoms with Crippen LogP contribution in [0.4, 0.5) is 18.9 Å². The number of hydrogen-bond donors (Lipinski definition) is 2. The highest BCUT2D eigenvalue weighted by Crippen LogP contribution is 2.35. The number of aromatic hydroxyl groups is 1. The van der Waals surface area contributed by atoms with Crippen LogP contribution in [0.5, 0.6) is 5.88 Å². The Bertz CT molecular complexity index is 1060.